The smallest absolute Gasteiger partial charge is 0.340 e. The Bertz CT molecular complexity index is 1000. The summed E-state index contributed by atoms with van der Waals surface area (Å²) in [5.74, 6) is -1.59. The van der Waals surface area contributed by atoms with Crippen LogP contribution in [-0.2, 0) is 25.8 Å². The van der Waals surface area contributed by atoms with E-state index in [1.807, 2.05) is 0 Å². The van der Waals surface area contributed by atoms with E-state index in [2.05, 4.69) is 4.74 Å². The number of benzene rings is 2. The zero-order chi connectivity index (χ0) is 19.8. The van der Waals surface area contributed by atoms with E-state index in [-0.39, 0.29) is 21.8 Å². The van der Waals surface area contributed by atoms with E-state index in [4.69, 9.17) is 0 Å². The van der Waals surface area contributed by atoms with Gasteiger partial charge in [-0.05, 0) is 55.3 Å². The first-order valence-electron chi connectivity index (χ1n) is 7.87. The molecule has 1 saturated carbocycles. The van der Waals surface area contributed by atoms with Gasteiger partial charge in [0.05, 0.1) is 45.5 Å². The molecule has 0 amide bonds. The molecule has 0 aromatic heterocycles. The Hall–Kier alpha value is -2.30. The molecule has 0 bridgehead atoms. The topological polar surface area (TPSA) is 104 Å². The van der Waals surface area contributed by atoms with Crippen molar-refractivity contribution in [3.8, 4) is 0 Å². The minimum Gasteiger partial charge on any atom is -0.755 e. The Kier molecular flexibility index (Phi) is 5.31. The molecule has 144 valence electrons. The van der Waals surface area contributed by atoms with E-state index in [0.717, 1.165) is 25.3 Å². The van der Waals surface area contributed by atoms with Gasteiger partial charge in [0.2, 0.25) is 0 Å². The Morgan fingerprint density at radius 2 is 1.85 bits per heavy atom. The van der Waals surface area contributed by atoms with Crippen molar-refractivity contribution >= 4 is 38.4 Å². The van der Waals surface area contributed by atoms with Crippen molar-refractivity contribution in [1.29, 1.82) is 0 Å². The highest BCUT2D eigenvalue weighted by atomic mass is 32.2. The number of anilines is 2. The molecule has 10 heteroatoms. The fourth-order valence-corrected chi connectivity index (χ4v) is 4.87. The highest BCUT2D eigenvalue weighted by molar-refractivity contribution is 7.92. The number of carbonyl (C=O) groups excluding carboxylic acids is 1. The maximum atomic E-state index is 13.7. The molecule has 27 heavy (non-hydrogen) atoms. The van der Waals surface area contributed by atoms with Gasteiger partial charge in [-0.3, -0.25) is 8.51 Å². The molecule has 1 atom stereocenters. The quantitative estimate of drug-likeness (QED) is 0.533. The molecule has 2 aromatic carbocycles. The lowest BCUT2D eigenvalue weighted by Gasteiger charge is -2.28. The lowest BCUT2D eigenvalue weighted by Crippen LogP contribution is -2.22. The Morgan fingerprint density at radius 1 is 1.22 bits per heavy atom. The lowest BCUT2D eigenvalue weighted by atomic mass is 10.1. The van der Waals surface area contributed by atoms with Crippen molar-refractivity contribution in [1.82, 2.24) is 0 Å². The van der Waals surface area contributed by atoms with Crippen molar-refractivity contribution in [3.05, 3.63) is 53.8 Å². The zero-order valence-corrected chi connectivity index (χ0v) is 15.8. The lowest BCUT2D eigenvalue weighted by molar-refractivity contribution is 0.0601. The van der Waals surface area contributed by atoms with Crippen LogP contribution in [0.4, 0.5) is 15.8 Å². The predicted octanol–water partition coefficient (Wildman–Crippen LogP) is 2.48. The molecular formula is C17H15FNO6S2-. The second-order valence-corrected chi connectivity index (χ2v) is 8.93. The highest BCUT2D eigenvalue weighted by Crippen LogP contribution is 2.36. The molecule has 7 nitrogen and oxygen atoms in total. The SMILES string of the molecule is COC(=O)c1ccc(F)cc1N(c1ccc(S(=O)(=O)C2CC2)cc1)S(=O)[O-]. The fraction of sp³-hybridized carbons (Fsp3) is 0.235. The van der Waals surface area contributed by atoms with Gasteiger partial charge in [-0.15, -0.1) is 0 Å². The van der Waals surface area contributed by atoms with E-state index in [0.29, 0.717) is 17.1 Å². The average Bonchev–Trinajstić information content (AvgIpc) is 3.47. The second-order valence-electron chi connectivity index (χ2n) is 5.90. The number of carbonyl (C=O) groups is 1. The van der Waals surface area contributed by atoms with Gasteiger partial charge in [0.1, 0.15) is 5.82 Å². The number of nitrogens with zero attached hydrogens (tertiary/aromatic N) is 1. The van der Waals surface area contributed by atoms with Crippen LogP contribution in [0.2, 0.25) is 0 Å². The Morgan fingerprint density at radius 3 is 2.37 bits per heavy atom. The van der Waals surface area contributed by atoms with Gasteiger partial charge in [-0.1, -0.05) is 0 Å². The van der Waals surface area contributed by atoms with Gasteiger partial charge in [-0.2, -0.15) is 0 Å². The summed E-state index contributed by atoms with van der Waals surface area (Å²) in [4.78, 5) is 12.0. The first-order valence-corrected chi connectivity index (χ1v) is 10.4. The molecule has 1 aliphatic rings. The second kappa shape index (κ2) is 7.37. The van der Waals surface area contributed by atoms with Gasteiger partial charge < -0.3 is 9.29 Å². The molecule has 0 heterocycles. The summed E-state index contributed by atoms with van der Waals surface area (Å²) < 4.78 is 67.2. The van der Waals surface area contributed by atoms with Gasteiger partial charge in [-0.25, -0.2) is 17.6 Å². The summed E-state index contributed by atoms with van der Waals surface area (Å²) in [6.45, 7) is 0. The molecule has 0 N–H and O–H groups in total. The number of hydrogen-bond acceptors (Lipinski definition) is 6. The van der Waals surface area contributed by atoms with E-state index in [9.17, 15) is 26.4 Å². The summed E-state index contributed by atoms with van der Waals surface area (Å²) in [6.07, 6.45) is 1.21. The number of methoxy groups -OCH3 is 1. The van der Waals surface area contributed by atoms with Crippen LogP contribution in [0.1, 0.15) is 23.2 Å². The molecular weight excluding hydrogens is 397 g/mol. The number of sulfone groups is 1. The molecule has 0 aliphatic heterocycles. The summed E-state index contributed by atoms with van der Waals surface area (Å²) in [5, 5.41) is -0.401. The number of esters is 1. The summed E-state index contributed by atoms with van der Waals surface area (Å²) >= 11 is -2.91. The third-order valence-electron chi connectivity index (χ3n) is 4.10. The van der Waals surface area contributed by atoms with Gasteiger partial charge in [0.15, 0.2) is 9.84 Å². The first-order chi connectivity index (χ1) is 12.8. The maximum absolute atomic E-state index is 13.7. The normalized spacial score (nSPS) is 15.2. The molecule has 0 saturated heterocycles. The molecule has 0 spiro atoms. The van der Waals surface area contributed by atoms with Crippen LogP contribution in [0.3, 0.4) is 0 Å². The van der Waals surface area contributed by atoms with Crippen LogP contribution in [-0.4, -0.2) is 35.5 Å². The van der Waals surface area contributed by atoms with E-state index < -0.39 is 38.1 Å². The zero-order valence-electron chi connectivity index (χ0n) is 14.1. The van der Waals surface area contributed by atoms with Gasteiger partial charge >= 0.3 is 5.97 Å². The standard InChI is InChI=1S/C17H16FNO6S2/c1-25-17(20)15-9-2-11(18)10-16(15)19(26(21)22)12-3-5-13(6-4-12)27(23,24)14-7-8-14/h2-6,9-10,14H,7-8H2,1H3,(H,21,22)/p-1. The Balaban J connectivity index is 2.06. The third-order valence-corrected chi connectivity index (χ3v) is 7.08. The minimum atomic E-state index is -3.43. The van der Waals surface area contributed by atoms with Crippen LogP contribution >= 0.6 is 0 Å². The molecule has 1 fully saturated rings. The van der Waals surface area contributed by atoms with Crippen molar-refractivity contribution in [2.75, 3.05) is 11.4 Å². The summed E-state index contributed by atoms with van der Waals surface area (Å²) in [6, 6.07) is 8.17. The van der Waals surface area contributed by atoms with Crippen LogP contribution in [0.25, 0.3) is 0 Å². The van der Waals surface area contributed by atoms with Gasteiger partial charge in [0, 0.05) is 0 Å². The molecule has 1 unspecified atom stereocenters. The van der Waals surface area contributed by atoms with E-state index in [1.165, 1.54) is 24.3 Å². The molecule has 0 radical (unpaired) electrons. The number of rotatable bonds is 6. The number of halogens is 1. The van der Waals surface area contributed by atoms with Crippen LogP contribution in [0.15, 0.2) is 47.4 Å². The fourth-order valence-electron chi connectivity index (χ4n) is 2.60. The Labute approximate surface area is 158 Å². The molecule has 3 rings (SSSR count). The van der Waals surface area contributed by atoms with E-state index in [1.54, 1.807) is 0 Å². The van der Waals surface area contributed by atoms with Crippen LogP contribution in [0.5, 0.6) is 0 Å². The summed E-state index contributed by atoms with van der Waals surface area (Å²) in [5.41, 5.74) is -0.348. The van der Waals surface area contributed by atoms with E-state index >= 15 is 0 Å². The van der Waals surface area contributed by atoms with Crippen LogP contribution < -0.4 is 4.31 Å². The van der Waals surface area contributed by atoms with Crippen molar-refractivity contribution in [2.45, 2.75) is 23.0 Å². The average molecular weight is 412 g/mol. The molecule has 2 aromatic rings. The predicted molar refractivity (Wildman–Crippen MR) is 95.4 cm³/mol. The van der Waals surface area contributed by atoms with Crippen molar-refractivity contribution in [2.24, 2.45) is 0 Å². The monoisotopic (exact) mass is 412 g/mol. The highest BCUT2D eigenvalue weighted by Gasteiger charge is 2.36. The largest absolute Gasteiger partial charge is 0.755 e. The number of hydrogen-bond donors (Lipinski definition) is 0. The van der Waals surface area contributed by atoms with Crippen LogP contribution in [0, 0.1) is 5.82 Å². The molecule has 1 aliphatic carbocycles. The van der Waals surface area contributed by atoms with Crippen molar-refractivity contribution < 1.29 is 31.1 Å². The maximum Gasteiger partial charge on any atom is 0.340 e. The first kappa shape index (κ1) is 19.5. The van der Waals surface area contributed by atoms with Crippen molar-refractivity contribution in [3.63, 3.8) is 0 Å². The minimum absolute atomic E-state index is 0.0498. The number of ether oxygens (including phenoxy) is 1. The van der Waals surface area contributed by atoms with Gasteiger partial charge in [0.25, 0.3) is 0 Å². The third kappa shape index (κ3) is 3.87. The summed E-state index contributed by atoms with van der Waals surface area (Å²) in [7, 11) is -2.32.